The summed E-state index contributed by atoms with van der Waals surface area (Å²) in [5.41, 5.74) is 0.963. The summed E-state index contributed by atoms with van der Waals surface area (Å²) in [7, 11) is -3.79. The third-order valence-electron chi connectivity index (χ3n) is 4.71. The van der Waals surface area contributed by atoms with Crippen molar-refractivity contribution < 1.29 is 18.0 Å². The average molecular weight is 465 g/mol. The summed E-state index contributed by atoms with van der Waals surface area (Å²) in [5.74, 6) is -0.491. The van der Waals surface area contributed by atoms with Crippen molar-refractivity contribution in [2.75, 3.05) is 11.9 Å². The number of nitrogens with zero attached hydrogens (tertiary/aromatic N) is 1. The lowest BCUT2D eigenvalue weighted by Gasteiger charge is -2.33. The van der Waals surface area contributed by atoms with Gasteiger partial charge < -0.3 is 5.32 Å². The maximum atomic E-state index is 13.1. The van der Waals surface area contributed by atoms with Gasteiger partial charge in [0.2, 0.25) is 15.9 Å². The normalized spacial score (nSPS) is 17.9. The lowest BCUT2D eigenvalue weighted by Crippen LogP contribution is -2.49. The maximum Gasteiger partial charge on any atom is 0.243 e. The van der Waals surface area contributed by atoms with E-state index in [-0.39, 0.29) is 16.6 Å². The lowest BCUT2D eigenvalue weighted by atomic mass is 10.0. The Bertz CT molecular complexity index is 990. The molecule has 148 valence electrons. The van der Waals surface area contributed by atoms with Crippen molar-refractivity contribution in [1.29, 1.82) is 0 Å². The first-order valence-corrected chi connectivity index (χ1v) is 11.2. The second-order valence-electron chi connectivity index (χ2n) is 6.71. The van der Waals surface area contributed by atoms with Crippen molar-refractivity contribution in [3.63, 3.8) is 0 Å². The summed E-state index contributed by atoms with van der Waals surface area (Å²) in [5, 5.41) is 2.76. The second-order valence-corrected chi connectivity index (χ2v) is 9.51. The standard InChI is InChI=1S/C20H21BrN2O4S/c1-14(24)15-5-4-6-17(13-15)22-20(25)19-7-2-3-12-23(19)28(26,27)18-10-8-16(21)9-11-18/h4-6,8-11,13,19H,2-3,7,12H2,1H3,(H,22,25). The number of piperidine rings is 1. The molecule has 2 aromatic rings. The van der Waals surface area contributed by atoms with Crippen molar-refractivity contribution in [2.24, 2.45) is 0 Å². The SMILES string of the molecule is CC(=O)c1cccc(NC(=O)C2CCCCN2S(=O)(=O)c2ccc(Br)cc2)c1. The van der Waals surface area contributed by atoms with Crippen LogP contribution in [0.3, 0.4) is 0 Å². The van der Waals surface area contributed by atoms with Crippen LogP contribution < -0.4 is 5.32 Å². The molecule has 1 unspecified atom stereocenters. The van der Waals surface area contributed by atoms with E-state index in [0.717, 1.165) is 10.9 Å². The summed E-state index contributed by atoms with van der Waals surface area (Å²) in [6, 6.07) is 12.2. The predicted molar refractivity (Wildman–Crippen MR) is 111 cm³/mol. The van der Waals surface area contributed by atoms with Crippen molar-refractivity contribution >= 4 is 43.3 Å². The number of ketones is 1. The number of amides is 1. The van der Waals surface area contributed by atoms with Crippen LogP contribution in [0.2, 0.25) is 0 Å². The number of halogens is 1. The zero-order chi connectivity index (χ0) is 20.3. The van der Waals surface area contributed by atoms with Crippen LogP contribution in [-0.4, -0.2) is 37.0 Å². The molecule has 8 heteroatoms. The zero-order valence-electron chi connectivity index (χ0n) is 15.4. The zero-order valence-corrected chi connectivity index (χ0v) is 17.8. The number of carbonyl (C=O) groups is 2. The van der Waals surface area contributed by atoms with Crippen LogP contribution in [-0.2, 0) is 14.8 Å². The fraction of sp³-hybridized carbons (Fsp3) is 0.300. The molecule has 6 nitrogen and oxygen atoms in total. The topological polar surface area (TPSA) is 83.6 Å². The molecule has 1 fully saturated rings. The molecule has 1 aliphatic rings. The number of Topliss-reactive ketones (excluding diaryl/α,β-unsaturated/α-hetero) is 1. The van der Waals surface area contributed by atoms with Gasteiger partial charge in [-0.15, -0.1) is 0 Å². The Morgan fingerprint density at radius 2 is 1.82 bits per heavy atom. The monoisotopic (exact) mass is 464 g/mol. The van der Waals surface area contributed by atoms with Crippen molar-refractivity contribution in [1.82, 2.24) is 4.31 Å². The Hall–Kier alpha value is -2.03. The molecule has 0 bridgehead atoms. The summed E-state index contributed by atoms with van der Waals surface area (Å²) in [6.07, 6.45) is 1.94. The van der Waals surface area contributed by atoms with E-state index in [0.29, 0.717) is 30.6 Å². The Balaban J connectivity index is 1.84. The van der Waals surface area contributed by atoms with Crippen molar-refractivity contribution in [3.05, 3.63) is 58.6 Å². The highest BCUT2D eigenvalue weighted by Crippen LogP contribution is 2.27. The minimum absolute atomic E-state index is 0.104. The van der Waals surface area contributed by atoms with Gasteiger partial charge in [-0.3, -0.25) is 9.59 Å². The Morgan fingerprint density at radius 1 is 1.11 bits per heavy atom. The summed E-state index contributed by atoms with van der Waals surface area (Å²) < 4.78 is 28.3. The van der Waals surface area contributed by atoms with E-state index in [1.807, 2.05) is 0 Å². The number of benzene rings is 2. The highest BCUT2D eigenvalue weighted by Gasteiger charge is 2.37. The first-order chi connectivity index (χ1) is 13.3. The molecule has 0 aromatic heterocycles. The second kappa shape index (κ2) is 8.55. The summed E-state index contributed by atoms with van der Waals surface area (Å²) >= 11 is 3.30. The summed E-state index contributed by atoms with van der Waals surface area (Å²) in [4.78, 5) is 24.6. The van der Waals surface area contributed by atoms with Gasteiger partial charge in [-0.2, -0.15) is 4.31 Å². The van der Waals surface area contributed by atoms with E-state index in [2.05, 4.69) is 21.2 Å². The minimum Gasteiger partial charge on any atom is -0.325 e. The number of sulfonamides is 1. The molecular formula is C20H21BrN2O4S. The highest BCUT2D eigenvalue weighted by molar-refractivity contribution is 9.10. The van der Waals surface area contributed by atoms with E-state index >= 15 is 0 Å². The van der Waals surface area contributed by atoms with E-state index in [1.165, 1.54) is 23.4 Å². The number of carbonyl (C=O) groups excluding carboxylic acids is 2. The Labute approximate surface area is 173 Å². The first kappa shape index (κ1) is 20.7. The van der Waals surface area contributed by atoms with Crippen LogP contribution in [0, 0.1) is 0 Å². The van der Waals surface area contributed by atoms with Gasteiger partial charge in [0.15, 0.2) is 5.78 Å². The van der Waals surface area contributed by atoms with Crippen LogP contribution in [0.4, 0.5) is 5.69 Å². The molecule has 1 atom stereocenters. The molecule has 0 saturated carbocycles. The summed E-state index contributed by atoms with van der Waals surface area (Å²) in [6.45, 7) is 1.75. The largest absolute Gasteiger partial charge is 0.325 e. The number of nitrogens with one attached hydrogen (secondary N) is 1. The Morgan fingerprint density at radius 3 is 2.50 bits per heavy atom. The lowest BCUT2D eigenvalue weighted by molar-refractivity contribution is -0.120. The third kappa shape index (κ3) is 4.51. The minimum atomic E-state index is -3.79. The molecule has 1 aliphatic heterocycles. The van der Waals surface area contributed by atoms with Gasteiger partial charge in [0.05, 0.1) is 4.90 Å². The third-order valence-corrected chi connectivity index (χ3v) is 7.16. The van der Waals surface area contributed by atoms with Gasteiger partial charge in [-0.25, -0.2) is 8.42 Å². The van der Waals surface area contributed by atoms with Gasteiger partial charge in [-0.05, 0) is 56.2 Å². The van der Waals surface area contributed by atoms with Crippen LogP contribution >= 0.6 is 15.9 Å². The molecule has 3 rings (SSSR count). The highest BCUT2D eigenvalue weighted by atomic mass is 79.9. The molecule has 1 amide bonds. The maximum absolute atomic E-state index is 13.1. The molecule has 1 N–H and O–H groups in total. The van der Waals surface area contributed by atoms with Gasteiger partial charge >= 0.3 is 0 Å². The van der Waals surface area contributed by atoms with Crippen molar-refractivity contribution in [2.45, 2.75) is 37.1 Å². The van der Waals surface area contributed by atoms with Gasteiger partial charge in [0.25, 0.3) is 0 Å². The van der Waals surface area contributed by atoms with Crippen LogP contribution in [0.5, 0.6) is 0 Å². The molecule has 0 radical (unpaired) electrons. The molecule has 0 aliphatic carbocycles. The van der Waals surface area contributed by atoms with E-state index in [4.69, 9.17) is 0 Å². The molecule has 1 saturated heterocycles. The van der Waals surface area contributed by atoms with Gasteiger partial charge in [-0.1, -0.05) is 34.5 Å². The van der Waals surface area contributed by atoms with Gasteiger partial charge in [0.1, 0.15) is 6.04 Å². The molecule has 0 spiro atoms. The van der Waals surface area contributed by atoms with Crippen LogP contribution in [0.1, 0.15) is 36.5 Å². The molecule has 28 heavy (non-hydrogen) atoms. The van der Waals surface area contributed by atoms with Crippen molar-refractivity contribution in [3.8, 4) is 0 Å². The van der Waals surface area contributed by atoms with E-state index < -0.39 is 16.1 Å². The van der Waals surface area contributed by atoms with E-state index in [9.17, 15) is 18.0 Å². The molecular weight excluding hydrogens is 444 g/mol. The number of rotatable bonds is 5. The first-order valence-electron chi connectivity index (χ1n) is 8.98. The number of anilines is 1. The van der Waals surface area contributed by atoms with E-state index in [1.54, 1.807) is 36.4 Å². The fourth-order valence-electron chi connectivity index (χ4n) is 3.24. The van der Waals surface area contributed by atoms with Gasteiger partial charge in [0, 0.05) is 22.3 Å². The number of hydrogen-bond acceptors (Lipinski definition) is 4. The smallest absolute Gasteiger partial charge is 0.243 e. The molecule has 2 aromatic carbocycles. The Kier molecular flexibility index (Phi) is 6.32. The quantitative estimate of drug-likeness (QED) is 0.681. The fourth-order valence-corrected chi connectivity index (χ4v) is 5.16. The molecule has 1 heterocycles. The predicted octanol–water partition coefficient (Wildman–Crippen LogP) is 3.83. The van der Waals surface area contributed by atoms with Crippen LogP contribution in [0.15, 0.2) is 57.9 Å². The number of hydrogen-bond donors (Lipinski definition) is 1. The van der Waals surface area contributed by atoms with Crippen LogP contribution in [0.25, 0.3) is 0 Å². The average Bonchev–Trinajstić information content (AvgIpc) is 2.68.